The summed E-state index contributed by atoms with van der Waals surface area (Å²) in [6.45, 7) is 4.00. The molecule has 0 unspecified atom stereocenters. The zero-order valence-electron chi connectivity index (χ0n) is 10.6. The van der Waals surface area contributed by atoms with E-state index >= 15 is 0 Å². The van der Waals surface area contributed by atoms with Crippen molar-refractivity contribution >= 4 is 21.7 Å². The van der Waals surface area contributed by atoms with Crippen LogP contribution in [0, 0.1) is 11.8 Å². The molecule has 1 saturated heterocycles. The fraction of sp³-hybridized carbons (Fsp3) is 0.818. The molecule has 18 heavy (non-hydrogen) atoms. The Balaban J connectivity index is 2.55. The van der Waals surface area contributed by atoms with E-state index in [2.05, 4.69) is 0 Å². The molecule has 1 atom stereocenters. The minimum Gasteiger partial charge on any atom is -0.481 e. The minimum absolute atomic E-state index is 0.0189. The van der Waals surface area contributed by atoms with E-state index in [0.29, 0.717) is 13.0 Å². The van der Waals surface area contributed by atoms with Crippen molar-refractivity contribution < 1.29 is 23.1 Å². The van der Waals surface area contributed by atoms with E-state index in [4.69, 9.17) is 5.11 Å². The molecule has 6 nitrogen and oxygen atoms in total. The summed E-state index contributed by atoms with van der Waals surface area (Å²) in [4.78, 5) is 23.8. The van der Waals surface area contributed by atoms with Crippen LogP contribution in [0.3, 0.4) is 0 Å². The summed E-state index contributed by atoms with van der Waals surface area (Å²) in [5.41, 5.74) is 0. The standard InChI is InChI=1S/C11H19NO5S/c1-8(2)6-18(16,17)7-10(13)12-4-3-9(5-12)11(14)15/h8-9H,3-7H2,1-2H3,(H,14,15)/t9-/m1/s1. The Kier molecular flexibility index (Phi) is 4.72. The van der Waals surface area contributed by atoms with Gasteiger partial charge in [-0.15, -0.1) is 0 Å². The first kappa shape index (κ1) is 14.9. The van der Waals surface area contributed by atoms with Gasteiger partial charge in [0, 0.05) is 13.1 Å². The molecule has 1 rings (SSSR count). The molecule has 0 aromatic rings. The maximum Gasteiger partial charge on any atom is 0.308 e. The summed E-state index contributed by atoms with van der Waals surface area (Å²) >= 11 is 0. The summed E-state index contributed by atoms with van der Waals surface area (Å²) in [6, 6.07) is 0. The lowest BCUT2D eigenvalue weighted by atomic mass is 10.1. The number of amides is 1. The topological polar surface area (TPSA) is 91.8 Å². The largest absolute Gasteiger partial charge is 0.481 e. The van der Waals surface area contributed by atoms with Gasteiger partial charge in [0.15, 0.2) is 9.84 Å². The lowest BCUT2D eigenvalue weighted by Crippen LogP contribution is -2.35. The minimum atomic E-state index is -3.39. The maximum atomic E-state index is 11.8. The average molecular weight is 277 g/mol. The highest BCUT2D eigenvalue weighted by Gasteiger charge is 2.32. The van der Waals surface area contributed by atoms with Gasteiger partial charge in [0.2, 0.25) is 5.91 Å². The lowest BCUT2D eigenvalue weighted by molar-refractivity contribution is -0.141. The van der Waals surface area contributed by atoms with Gasteiger partial charge in [-0.25, -0.2) is 8.42 Å². The van der Waals surface area contributed by atoms with Gasteiger partial charge >= 0.3 is 5.97 Å². The second-order valence-electron chi connectivity index (χ2n) is 5.11. The Labute approximate surface area is 107 Å². The van der Waals surface area contributed by atoms with Crippen LogP contribution in [0.25, 0.3) is 0 Å². The van der Waals surface area contributed by atoms with E-state index in [-0.39, 0.29) is 18.2 Å². The van der Waals surface area contributed by atoms with Crippen molar-refractivity contribution in [2.75, 3.05) is 24.6 Å². The molecule has 0 bridgehead atoms. The smallest absolute Gasteiger partial charge is 0.308 e. The van der Waals surface area contributed by atoms with Crippen LogP contribution >= 0.6 is 0 Å². The van der Waals surface area contributed by atoms with Gasteiger partial charge in [0.1, 0.15) is 5.75 Å². The van der Waals surface area contributed by atoms with Crippen LogP contribution in [0.5, 0.6) is 0 Å². The van der Waals surface area contributed by atoms with Gasteiger partial charge in [-0.2, -0.15) is 0 Å². The van der Waals surface area contributed by atoms with Crippen molar-refractivity contribution in [2.24, 2.45) is 11.8 Å². The zero-order chi connectivity index (χ0) is 13.9. The number of carbonyl (C=O) groups is 2. The van der Waals surface area contributed by atoms with E-state index in [1.54, 1.807) is 13.8 Å². The number of rotatable bonds is 5. The van der Waals surface area contributed by atoms with E-state index in [1.165, 1.54) is 4.90 Å². The van der Waals surface area contributed by atoms with Gasteiger partial charge in [-0.1, -0.05) is 13.8 Å². The molecule has 1 fully saturated rings. The second-order valence-corrected chi connectivity index (χ2v) is 7.22. The van der Waals surface area contributed by atoms with Crippen LogP contribution in [0.15, 0.2) is 0 Å². The number of carboxylic acid groups (broad SMARTS) is 1. The third-order valence-corrected chi connectivity index (χ3v) is 4.68. The van der Waals surface area contributed by atoms with Crippen LogP contribution in [0.2, 0.25) is 0 Å². The Hall–Kier alpha value is -1.11. The second kappa shape index (κ2) is 5.69. The quantitative estimate of drug-likeness (QED) is 0.763. The summed E-state index contributed by atoms with van der Waals surface area (Å²) < 4.78 is 23.3. The van der Waals surface area contributed by atoms with Gasteiger partial charge in [-0.3, -0.25) is 9.59 Å². The number of carboxylic acids is 1. The van der Waals surface area contributed by atoms with Gasteiger partial charge < -0.3 is 10.0 Å². The normalized spacial score (nSPS) is 20.4. The van der Waals surface area contributed by atoms with Crippen molar-refractivity contribution in [1.82, 2.24) is 4.90 Å². The number of carbonyl (C=O) groups excluding carboxylic acids is 1. The first-order valence-electron chi connectivity index (χ1n) is 5.92. The zero-order valence-corrected chi connectivity index (χ0v) is 11.4. The van der Waals surface area contributed by atoms with E-state index in [0.717, 1.165) is 0 Å². The molecule has 1 N–H and O–H groups in total. The third kappa shape index (κ3) is 4.29. The van der Waals surface area contributed by atoms with Crippen molar-refractivity contribution in [1.29, 1.82) is 0 Å². The molecule has 7 heteroatoms. The van der Waals surface area contributed by atoms with Crippen LogP contribution in [0.4, 0.5) is 0 Å². The van der Waals surface area contributed by atoms with Gasteiger partial charge in [0.25, 0.3) is 0 Å². The molecule has 0 saturated carbocycles. The SMILES string of the molecule is CC(C)CS(=O)(=O)CC(=O)N1CC[C@@H](C(=O)O)C1. The number of nitrogens with zero attached hydrogens (tertiary/aromatic N) is 1. The number of likely N-dealkylation sites (tertiary alicyclic amines) is 1. The van der Waals surface area contributed by atoms with Crippen LogP contribution in [-0.2, 0) is 19.4 Å². The molecule has 0 radical (unpaired) electrons. The van der Waals surface area contributed by atoms with Crippen LogP contribution < -0.4 is 0 Å². The molecule has 1 aliphatic heterocycles. The summed E-state index contributed by atoms with van der Waals surface area (Å²) in [5, 5.41) is 8.81. The first-order valence-corrected chi connectivity index (χ1v) is 7.74. The lowest BCUT2D eigenvalue weighted by Gasteiger charge is -2.16. The molecular weight excluding hydrogens is 258 g/mol. The Morgan fingerprint density at radius 1 is 1.39 bits per heavy atom. The molecule has 0 aliphatic carbocycles. The molecule has 1 aliphatic rings. The molecule has 0 spiro atoms. The summed E-state index contributed by atoms with van der Waals surface area (Å²) in [6.07, 6.45) is 0.394. The molecule has 0 aromatic carbocycles. The predicted octanol–water partition coefficient (Wildman–Crippen LogP) is -0.00970. The van der Waals surface area contributed by atoms with Crippen molar-refractivity contribution in [3.63, 3.8) is 0 Å². The van der Waals surface area contributed by atoms with Crippen LogP contribution in [-0.4, -0.2) is 54.9 Å². The Bertz CT molecular complexity index is 429. The number of hydrogen-bond donors (Lipinski definition) is 1. The molecule has 0 aromatic heterocycles. The highest BCUT2D eigenvalue weighted by Crippen LogP contribution is 2.17. The third-order valence-electron chi connectivity index (χ3n) is 2.82. The molecule has 104 valence electrons. The maximum absolute atomic E-state index is 11.8. The van der Waals surface area contributed by atoms with Crippen molar-refractivity contribution in [3.8, 4) is 0 Å². The predicted molar refractivity (Wildman–Crippen MR) is 65.8 cm³/mol. The number of sulfone groups is 1. The highest BCUT2D eigenvalue weighted by atomic mass is 32.2. The van der Waals surface area contributed by atoms with E-state index in [9.17, 15) is 18.0 Å². The van der Waals surface area contributed by atoms with Crippen molar-refractivity contribution in [2.45, 2.75) is 20.3 Å². The van der Waals surface area contributed by atoms with E-state index in [1.807, 2.05) is 0 Å². The van der Waals surface area contributed by atoms with E-state index < -0.39 is 33.4 Å². The monoisotopic (exact) mass is 277 g/mol. The molecule has 1 heterocycles. The fourth-order valence-corrected chi connectivity index (χ4v) is 3.73. The fourth-order valence-electron chi connectivity index (χ4n) is 2.03. The van der Waals surface area contributed by atoms with Gasteiger partial charge in [0.05, 0.1) is 11.7 Å². The molecular formula is C11H19NO5S. The highest BCUT2D eigenvalue weighted by molar-refractivity contribution is 7.92. The van der Waals surface area contributed by atoms with Crippen molar-refractivity contribution in [3.05, 3.63) is 0 Å². The van der Waals surface area contributed by atoms with Crippen LogP contribution in [0.1, 0.15) is 20.3 Å². The number of aliphatic carboxylic acids is 1. The molecule has 1 amide bonds. The first-order chi connectivity index (χ1) is 8.21. The summed E-state index contributed by atoms with van der Waals surface area (Å²) in [7, 11) is -3.39. The Morgan fingerprint density at radius 2 is 2.00 bits per heavy atom. The average Bonchev–Trinajstić information content (AvgIpc) is 2.62. The number of hydrogen-bond acceptors (Lipinski definition) is 4. The Morgan fingerprint density at radius 3 is 2.44 bits per heavy atom. The van der Waals surface area contributed by atoms with Gasteiger partial charge in [-0.05, 0) is 12.3 Å². The summed E-state index contributed by atoms with van der Waals surface area (Å²) in [5.74, 6) is -2.54.